The highest BCUT2D eigenvalue weighted by atomic mass is 19.1. The van der Waals surface area contributed by atoms with Crippen LogP contribution in [-0.4, -0.2) is 38.8 Å². The Kier molecular flexibility index (Phi) is 4.01. The molecule has 3 fully saturated rings. The zero-order valence-corrected chi connectivity index (χ0v) is 18.6. The highest BCUT2D eigenvalue weighted by Gasteiger charge is 2.61. The molecule has 1 N–H and O–H groups in total. The summed E-state index contributed by atoms with van der Waals surface area (Å²) in [6.07, 6.45) is 10.2. The molecular formula is C25H31FN4O. The lowest BCUT2D eigenvalue weighted by Gasteiger charge is -2.60. The molecule has 1 amide bonds. The van der Waals surface area contributed by atoms with Gasteiger partial charge in [0.05, 0.1) is 5.52 Å². The Hall–Kier alpha value is -2.24. The Labute approximate surface area is 182 Å². The second kappa shape index (κ2) is 6.39. The van der Waals surface area contributed by atoms with Crippen LogP contribution in [0.3, 0.4) is 0 Å². The third kappa shape index (κ3) is 2.50. The maximum atomic E-state index is 14.6. The Morgan fingerprint density at radius 2 is 2.00 bits per heavy atom. The summed E-state index contributed by atoms with van der Waals surface area (Å²) < 4.78 is 14.6. The largest absolute Gasteiger partial charge is 0.340 e. The number of aromatic nitrogens is 3. The molecule has 0 radical (unpaired) electrons. The Morgan fingerprint density at radius 3 is 2.81 bits per heavy atom. The van der Waals surface area contributed by atoms with Gasteiger partial charge in [-0.3, -0.25) is 4.79 Å². The molecule has 1 aliphatic heterocycles. The molecule has 2 aromatic heterocycles. The van der Waals surface area contributed by atoms with Crippen LogP contribution >= 0.6 is 0 Å². The first-order valence-corrected chi connectivity index (χ1v) is 11.8. The molecule has 4 aliphatic rings. The number of likely N-dealkylation sites (N-methyl/N-ethyl adjacent to an activating group) is 1. The standard InChI is InChI=1S/C25H31FN4O/c1-24-11-10-16-14(6-9-20-25(16,2)13-18(26)23(31)30(20)3)15(24)7-8-17(24)21-28-19-5-4-12-27-22(19)29-21/h4-5,12-17,20H,6-11H2,1-3H3,(H,27,28,29)/t14?,15-,16?,17+,20+,24-,25+/m0/s1. The number of carbonyl (C=O) groups is 1. The normalized spacial score (nSPS) is 42.2. The van der Waals surface area contributed by atoms with Crippen molar-refractivity contribution >= 4 is 17.1 Å². The van der Waals surface area contributed by atoms with Gasteiger partial charge in [0.2, 0.25) is 0 Å². The number of amides is 1. The van der Waals surface area contributed by atoms with E-state index in [1.165, 1.54) is 6.42 Å². The van der Waals surface area contributed by atoms with E-state index in [0.717, 1.165) is 49.1 Å². The summed E-state index contributed by atoms with van der Waals surface area (Å²) in [5.41, 5.74) is 1.76. The van der Waals surface area contributed by atoms with Gasteiger partial charge in [0.25, 0.3) is 5.91 Å². The van der Waals surface area contributed by atoms with Crippen LogP contribution in [0.15, 0.2) is 30.2 Å². The highest BCUT2D eigenvalue weighted by Crippen LogP contribution is 2.67. The second-order valence-electron chi connectivity index (χ2n) is 10.9. The van der Waals surface area contributed by atoms with Gasteiger partial charge in [0.15, 0.2) is 11.5 Å². The zero-order valence-electron chi connectivity index (χ0n) is 18.6. The van der Waals surface area contributed by atoms with Gasteiger partial charge >= 0.3 is 0 Å². The minimum absolute atomic E-state index is 0.115. The molecule has 7 atom stereocenters. The number of pyridine rings is 1. The molecule has 0 aromatic carbocycles. The number of carbonyl (C=O) groups excluding carboxylic acids is 1. The molecule has 0 saturated heterocycles. The predicted octanol–water partition coefficient (Wildman–Crippen LogP) is 4.98. The highest BCUT2D eigenvalue weighted by molar-refractivity contribution is 5.92. The van der Waals surface area contributed by atoms with Gasteiger partial charge in [-0.1, -0.05) is 13.8 Å². The van der Waals surface area contributed by atoms with Crippen LogP contribution in [0, 0.1) is 28.6 Å². The number of imidazole rings is 1. The fourth-order valence-corrected chi connectivity index (χ4v) is 8.31. The van der Waals surface area contributed by atoms with Crippen molar-refractivity contribution in [3.05, 3.63) is 36.1 Å². The van der Waals surface area contributed by atoms with Crippen molar-refractivity contribution in [1.29, 1.82) is 0 Å². The first kappa shape index (κ1) is 19.4. The number of hydrogen-bond donors (Lipinski definition) is 1. The van der Waals surface area contributed by atoms with Gasteiger partial charge in [0, 0.05) is 30.6 Å². The van der Waals surface area contributed by atoms with E-state index in [-0.39, 0.29) is 16.9 Å². The van der Waals surface area contributed by atoms with Gasteiger partial charge in [-0.2, -0.15) is 0 Å². The molecular weight excluding hydrogens is 391 g/mol. The maximum absolute atomic E-state index is 14.6. The number of rotatable bonds is 1. The molecule has 0 spiro atoms. The molecule has 164 valence electrons. The SMILES string of the molecule is CN1C(=O)C(F)=C[C@]2(C)C3CC[C@]4(C)[C@@H](c5nc6ncccc6[nH]5)CC[C@H]4C3CC[C@@H]12. The zero-order chi connectivity index (χ0) is 21.5. The van der Waals surface area contributed by atoms with Crippen molar-refractivity contribution < 1.29 is 9.18 Å². The first-order valence-electron chi connectivity index (χ1n) is 11.8. The number of aromatic amines is 1. The van der Waals surface area contributed by atoms with Gasteiger partial charge in [-0.25, -0.2) is 14.4 Å². The average molecular weight is 423 g/mol. The Balaban J connectivity index is 1.34. The number of fused-ring (bicyclic) bond motifs is 6. The predicted molar refractivity (Wildman–Crippen MR) is 117 cm³/mol. The van der Waals surface area contributed by atoms with E-state index >= 15 is 0 Å². The van der Waals surface area contributed by atoms with E-state index < -0.39 is 11.7 Å². The molecule has 3 saturated carbocycles. The van der Waals surface area contributed by atoms with Crippen LogP contribution in [-0.2, 0) is 4.79 Å². The van der Waals surface area contributed by atoms with Crippen molar-refractivity contribution in [3.63, 3.8) is 0 Å². The molecule has 2 aromatic rings. The van der Waals surface area contributed by atoms with E-state index in [1.54, 1.807) is 24.2 Å². The molecule has 5 nitrogen and oxygen atoms in total. The van der Waals surface area contributed by atoms with Crippen molar-refractivity contribution in [1.82, 2.24) is 19.9 Å². The molecule has 6 rings (SSSR count). The van der Waals surface area contributed by atoms with Gasteiger partial charge in [0.1, 0.15) is 5.82 Å². The van der Waals surface area contributed by atoms with Crippen molar-refractivity contribution in [3.8, 4) is 0 Å². The lowest BCUT2D eigenvalue weighted by molar-refractivity contribution is -0.141. The van der Waals surface area contributed by atoms with Gasteiger partial charge < -0.3 is 9.88 Å². The van der Waals surface area contributed by atoms with E-state index in [1.807, 2.05) is 12.1 Å². The van der Waals surface area contributed by atoms with E-state index in [4.69, 9.17) is 4.98 Å². The summed E-state index contributed by atoms with van der Waals surface area (Å²) in [6, 6.07) is 4.12. The summed E-state index contributed by atoms with van der Waals surface area (Å²) in [5, 5.41) is 0. The number of H-pyrrole nitrogens is 1. The topological polar surface area (TPSA) is 61.9 Å². The minimum atomic E-state index is -0.561. The monoisotopic (exact) mass is 422 g/mol. The lowest BCUT2D eigenvalue weighted by atomic mass is 9.47. The van der Waals surface area contributed by atoms with E-state index in [2.05, 4.69) is 23.8 Å². The second-order valence-corrected chi connectivity index (χ2v) is 10.9. The molecule has 31 heavy (non-hydrogen) atoms. The summed E-state index contributed by atoms with van der Waals surface area (Å²) in [7, 11) is 1.78. The van der Waals surface area contributed by atoms with Crippen molar-refractivity contribution in [2.24, 2.45) is 28.6 Å². The van der Waals surface area contributed by atoms with Crippen LogP contribution in [0.4, 0.5) is 4.39 Å². The first-order chi connectivity index (χ1) is 14.8. The molecule has 6 heteroatoms. The third-order valence-electron chi connectivity index (χ3n) is 9.76. The minimum Gasteiger partial charge on any atom is -0.340 e. The molecule has 0 bridgehead atoms. The van der Waals surface area contributed by atoms with Crippen LogP contribution < -0.4 is 0 Å². The number of halogens is 1. The van der Waals surface area contributed by atoms with Crippen LogP contribution in [0.5, 0.6) is 0 Å². The van der Waals surface area contributed by atoms with E-state index in [0.29, 0.717) is 23.7 Å². The Bertz CT molecular complexity index is 1060. The number of nitrogens with zero attached hydrogens (tertiary/aromatic N) is 3. The van der Waals surface area contributed by atoms with Gasteiger partial charge in [-0.15, -0.1) is 0 Å². The Morgan fingerprint density at radius 1 is 1.16 bits per heavy atom. The summed E-state index contributed by atoms with van der Waals surface area (Å²) in [6.45, 7) is 4.67. The van der Waals surface area contributed by atoms with E-state index in [9.17, 15) is 9.18 Å². The van der Waals surface area contributed by atoms with Crippen LogP contribution in [0.1, 0.15) is 64.1 Å². The fourth-order valence-electron chi connectivity index (χ4n) is 8.31. The lowest BCUT2D eigenvalue weighted by Crippen LogP contribution is -2.60. The summed E-state index contributed by atoms with van der Waals surface area (Å²) >= 11 is 0. The van der Waals surface area contributed by atoms with Gasteiger partial charge in [-0.05, 0) is 79.9 Å². The van der Waals surface area contributed by atoms with Crippen LogP contribution in [0.25, 0.3) is 11.2 Å². The van der Waals surface area contributed by atoms with Crippen molar-refractivity contribution in [2.75, 3.05) is 7.05 Å². The number of nitrogens with one attached hydrogen (secondary N) is 1. The molecule has 3 aliphatic carbocycles. The summed E-state index contributed by atoms with van der Waals surface area (Å²) in [5.74, 6) is 2.14. The van der Waals surface area contributed by atoms with Crippen LogP contribution in [0.2, 0.25) is 0 Å². The smallest absolute Gasteiger partial charge is 0.282 e. The number of hydrogen-bond acceptors (Lipinski definition) is 3. The molecule has 2 unspecified atom stereocenters. The maximum Gasteiger partial charge on any atom is 0.282 e. The quantitative estimate of drug-likeness (QED) is 0.705. The average Bonchev–Trinajstić information content (AvgIpc) is 3.32. The third-order valence-corrected chi connectivity index (χ3v) is 9.76. The molecule has 3 heterocycles. The van der Waals surface area contributed by atoms with Crippen molar-refractivity contribution in [2.45, 2.75) is 64.3 Å². The fraction of sp³-hybridized carbons (Fsp3) is 0.640. The summed E-state index contributed by atoms with van der Waals surface area (Å²) in [4.78, 5) is 26.8.